The number of rotatable bonds is 4. The number of halogens is 1. The van der Waals surface area contributed by atoms with Gasteiger partial charge in [-0.05, 0) is 0 Å². The zero-order valence-electron chi connectivity index (χ0n) is 13.3. The molecular formula is C14H24ClN3O3Pb+. The first kappa shape index (κ1) is 19.7. The number of carbonyl (C=O) groups excluding carboxylic acids is 1. The van der Waals surface area contributed by atoms with Gasteiger partial charge in [-0.1, -0.05) is 0 Å². The van der Waals surface area contributed by atoms with Crippen molar-refractivity contribution in [2.75, 3.05) is 30.2 Å². The molecule has 2 rings (SSSR count). The van der Waals surface area contributed by atoms with Gasteiger partial charge in [-0.3, -0.25) is 0 Å². The van der Waals surface area contributed by atoms with Crippen molar-refractivity contribution in [1.82, 2.24) is 10.5 Å². The van der Waals surface area contributed by atoms with Crippen molar-refractivity contribution in [3.63, 3.8) is 0 Å². The monoisotopic (exact) mass is 525 g/mol. The predicted octanol–water partition coefficient (Wildman–Crippen LogP) is 0.531. The van der Waals surface area contributed by atoms with Crippen molar-refractivity contribution in [3.8, 4) is 0 Å². The number of aromatic nitrogens is 1. The summed E-state index contributed by atoms with van der Waals surface area (Å²) in [6.45, 7) is 6.66. The van der Waals surface area contributed by atoms with E-state index in [1.807, 2.05) is 13.0 Å². The van der Waals surface area contributed by atoms with Crippen molar-refractivity contribution < 1.29 is 19.4 Å². The van der Waals surface area contributed by atoms with Crippen LogP contribution in [0, 0.1) is 12.8 Å². The molecule has 1 aromatic heterocycles. The van der Waals surface area contributed by atoms with Crippen molar-refractivity contribution in [2.24, 2.45) is 5.92 Å². The van der Waals surface area contributed by atoms with E-state index in [9.17, 15) is 4.79 Å². The molecule has 1 saturated heterocycles. The summed E-state index contributed by atoms with van der Waals surface area (Å²) in [4.78, 5) is 11.6. The van der Waals surface area contributed by atoms with Crippen molar-refractivity contribution in [3.05, 3.63) is 17.5 Å². The number of alkyl halides is 1. The van der Waals surface area contributed by atoms with Gasteiger partial charge in [0, 0.05) is 6.38 Å². The van der Waals surface area contributed by atoms with Crippen LogP contribution in [-0.4, -0.2) is 67.2 Å². The van der Waals surface area contributed by atoms with E-state index in [0.29, 0.717) is 16.6 Å². The quantitative estimate of drug-likeness (QED) is 0.445. The number of aryl methyl sites for hydroxylation is 1. The normalized spacial score (nSPS) is 24.1. The van der Waals surface area contributed by atoms with Crippen molar-refractivity contribution >= 4 is 43.5 Å². The number of hydrogen-bond donors (Lipinski definition) is 2. The minimum absolute atomic E-state index is 0.205. The number of nitrogens with one attached hydrogen (secondary N) is 1. The van der Waals surface area contributed by atoms with Crippen LogP contribution in [0.15, 0.2) is 10.6 Å². The molecule has 0 spiro atoms. The second kappa shape index (κ2) is 9.72. The molecule has 6 nitrogen and oxygen atoms in total. The summed E-state index contributed by atoms with van der Waals surface area (Å²) >= 11 is 5.49. The number of carbonyl (C=O) groups is 1. The summed E-state index contributed by atoms with van der Waals surface area (Å²) in [6.07, 6.45) is 2.23. The second-order valence-electron chi connectivity index (χ2n) is 5.39. The topological polar surface area (TPSA) is 81.0 Å². The third kappa shape index (κ3) is 4.82. The molecule has 8 heteroatoms. The molecule has 123 valence electrons. The van der Waals surface area contributed by atoms with Crippen molar-refractivity contribution in [2.45, 2.75) is 25.7 Å². The van der Waals surface area contributed by atoms with Gasteiger partial charge in [-0.25, -0.2) is 0 Å². The van der Waals surface area contributed by atoms with Crippen LogP contribution < -0.4 is 10.6 Å². The van der Waals surface area contributed by atoms with E-state index in [2.05, 4.69) is 34.3 Å². The Balaban J connectivity index is 0.00000116. The van der Waals surface area contributed by atoms with Crippen LogP contribution in [0.25, 0.3) is 0 Å². The number of piperidine rings is 1. The number of ether oxygens (including phenoxy) is 1. The Labute approximate surface area is 152 Å². The van der Waals surface area contributed by atoms with Gasteiger partial charge < -0.3 is 0 Å². The zero-order chi connectivity index (χ0) is 16.6. The summed E-state index contributed by atoms with van der Waals surface area (Å²) in [7, 11) is 0. The SMILES string of the molecule is CCl.Cc1cc(C2(CNC(=O)O[CH2][Pb])C[NH2+]CCC2C)on1. The van der Waals surface area contributed by atoms with Gasteiger partial charge in [0.05, 0.1) is 0 Å². The van der Waals surface area contributed by atoms with Crippen LogP contribution in [0.1, 0.15) is 24.8 Å². The van der Waals surface area contributed by atoms with E-state index < -0.39 is 0 Å². The molecule has 22 heavy (non-hydrogen) atoms. The first-order chi connectivity index (χ1) is 10.6. The fraction of sp³-hybridized carbons (Fsp3) is 0.714. The van der Waals surface area contributed by atoms with Crippen LogP contribution in [0.5, 0.6) is 0 Å². The number of quaternary nitrogens is 1. The minimum atomic E-state index is -0.339. The Morgan fingerprint density at radius 3 is 2.95 bits per heavy atom. The van der Waals surface area contributed by atoms with Crippen molar-refractivity contribution in [1.29, 1.82) is 0 Å². The molecule has 2 atom stereocenters. The predicted molar refractivity (Wildman–Crippen MR) is 85.2 cm³/mol. The molecule has 1 amide bonds. The molecule has 0 bridgehead atoms. The van der Waals surface area contributed by atoms with E-state index in [1.165, 1.54) is 6.38 Å². The van der Waals surface area contributed by atoms with Gasteiger partial charge in [0.2, 0.25) is 0 Å². The van der Waals surface area contributed by atoms with Crippen LogP contribution in [-0.2, 0) is 10.2 Å². The summed E-state index contributed by atoms with van der Waals surface area (Å²) in [5.41, 5.74) is 0.670. The number of nitrogens with zero attached hydrogens (tertiary/aromatic N) is 1. The Morgan fingerprint density at radius 2 is 2.41 bits per heavy atom. The van der Waals surface area contributed by atoms with Gasteiger partial charge in [0.1, 0.15) is 0 Å². The number of hydrogen-bond acceptors (Lipinski definition) is 4. The molecular weight excluding hydrogens is 501 g/mol. The van der Waals surface area contributed by atoms with Gasteiger partial charge >= 0.3 is 135 Å². The summed E-state index contributed by atoms with van der Waals surface area (Å²) in [6, 6.07) is 1.98. The van der Waals surface area contributed by atoms with Crippen LogP contribution >= 0.6 is 11.6 Å². The molecule has 0 aliphatic carbocycles. The maximum absolute atomic E-state index is 11.6. The maximum atomic E-state index is 11.6. The molecule has 0 saturated carbocycles. The Hall–Kier alpha value is -0.348. The van der Waals surface area contributed by atoms with E-state index >= 15 is 0 Å². The van der Waals surface area contributed by atoms with Crippen LogP contribution in [0.3, 0.4) is 0 Å². The molecule has 0 aromatic carbocycles. The molecule has 3 radical (unpaired) electrons. The fourth-order valence-electron chi connectivity index (χ4n) is 2.83. The average molecular weight is 525 g/mol. The molecule has 1 fully saturated rings. The van der Waals surface area contributed by atoms with E-state index in [4.69, 9.17) is 9.26 Å². The van der Waals surface area contributed by atoms with Gasteiger partial charge in [0.25, 0.3) is 0 Å². The summed E-state index contributed by atoms with van der Waals surface area (Å²) in [5.74, 6) is 1.29. The third-order valence-corrected chi connectivity index (χ3v) is 4.69. The summed E-state index contributed by atoms with van der Waals surface area (Å²) in [5, 5.41) is 9.17. The van der Waals surface area contributed by atoms with Crippen LogP contribution in [0.2, 0.25) is 0 Å². The van der Waals surface area contributed by atoms with Gasteiger partial charge in [-0.15, -0.1) is 11.6 Å². The Morgan fingerprint density at radius 1 is 1.68 bits per heavy atom. The Bertz CT molecular complexity index is 472. The van der Waals surface area contributed by atoms with E-state index in [-0.39, 0.29) is 11.5 Å². The standard InChI is InChI=1S/C13H20N3O3.CH3Cl.Pb/c1-9-4-5-14-7-13(9,8-15-12(17)18-3)11-6-10(2)16-19-11;1-2;/h6,9,14H,3-5,7-8H2,1-2H3,(H,15,17);1H3;/p+1. The number of alkyl carbamates (subject to hydrolysis) is 1. The molecule has 3 N–H and O–H groups in total. The zero-order valence-corrected chi connectivity index (χ0v) is 18.0. The van der Waals surface area contributed by atoms with Gasteiger partial charge in [0.15, 0.2) is 0 Å². The number of nitrogens with two attached hydrogens (primary N) is 1. The molecule has 2 heterocycles. The Kier molecular flexibility index (Phi) is 8.70. The summed E-state index contributed by atoms with van der Waals surface area (Å²) < 4.78 is 11.0. The fourth-order valence-corrected chi connectivity index (χ4v) is 3.34. The van der Waals surface area contributed by atoms with E-state index in [1.54, 1.807) is 0 Å². The molecule has 1 aromatic rings. The van der Waals surface area contributed by atoms with Crippen LogP contribution in [0.4, 0.5) is 4.79 Å². The molecule has 1 aliphatic heterocycles. The first-order valence-electron chi connectivity index (χ1n) is 7.27. The van der Waals surface area contributed by atoms with E-state index in [0.717, 1.165) is 56.7 Å². The van der Waals surface area contributed by atoms with Gasteiger partial charge in [-0.2, -0.15) is 0 Å². The molecule has 2 unspecified atom stereocenters. The third-order valence-electron chi connectivity index (χ3n) is 4.13. The average Bonchev–Trinajstić information content (AvgIpc) is 2.96. The first-order valence-corrected chi connectivity index (χ1v) is 10.8. The molecule has 1 aliphatic rings. The second-order valence-corrected chi connectivity index (χ2v) is 6.51. The number of amides is 1.